The molecule has 4 aromatic rings. The summed E-state index contributed by atoms with van der Waals surface area (Å²) in [7, 11) is -3.32. The summed E-state index contributed by atoms with van der Waals surface area (Å²) in [5.41, 5.74) is 1.95. The van der Waals surface area contributed by atoms with Crippen LogP contribution in [0.15, 0.2) is 77.7 Å². The summed E-state index contributed by atoms with van der Waals surface area (Å²) in [6.07, 6.45) is 0.00499. The van der Waals surface area contributed by atoms with Gasteiger partial charge in [0.25, 0.3) is 0 Å². The number of hydrogen-bond acceptors (Lipinski definition) is 6. The van der Waals surface area contributed by atoms with Gasteiger partial charge < -0.3 is 5.32 Å². The maximum Gasteiger partial charge on any atom is 0.230 e. The van der Waals surface area contributed by atoms with Gasteiger partial charge in [-0.05, 0) is 35.9 Å². The van der Waals surface area contributed by atoms with Gasteiger partial charge in [-0.25, -0.2) is 13.4 Å². The van der Waals surface area contributed by atoms with Gasteiger partial charge in [0.15, 0.2) is 15.0 Å². The number of carbonyl (C=O) groups excluding carboxylic acids is 2. The predicted octanol–water partition coefficient (Wildman–Crippen LogP) is 6.32. The number of thiazole rings is 1. The number of amides is 1. The van der Waals surface area contributed by atoms with Gasteiger partial charge in [0.05, 0.1) is 27.8 Å². The quantitative estimate of drug-likeness (QED) is 0.255. The third-order valence-corrected chi connectivity index (χ3v) is 8.61. The summed E-state index contributed by atoms with van der Waals surface area (Å²) >= 11 is 13.5. The molecule has 0 aliphatic carbocycles. The Hall–Kier alpha value is -3.04. The van der Waals surface area contributed by atoms with Crippen LogP contribution in [0.2, 0.25) is 10.0 Å². The summed E-state index contributed by atoms with van der Waals surface area (Å²) in [6, 6.07) is 19.8. The normalized spacial score (nSPS) is 11.3. The molecule has 0 unspecified atom stereocenters. The molecule has 0 saturated carbocycles. The lowest BCUT2D eigenvalue weighted by Gasteiger charge is -2.05. The molecule has 1 aromatic heterocycles. The van der Waals surface area contributed by atoms with E-state index in [9.17, 15) is 18.0 Å². The van der Waals surface area contributed by atoms with Gasteiger partial charge in [-0.3, -0.25) is 9.59 Å². The largest absolute Gasteiger partial charge is 0.302 e. The third kappa shape index (κ3) is 5.84. The number of nitrogens with zero attached hydrogens (tertiary/aromatic N) is 1. The number of benzene rings is 3. The molecular formula is C26H20Cl2N2O4S2. The van der Waals surface area contributed by atoms with Crippen LogP contribution in [0.4, 0.5) is 5.13 Å². The van der Waals surface area contributed by atoms with E-state index in [2.05, 4.69) is 10.3 Å². The average Bonchev–Trinajstić information content (AvgIpc) is 3.27. The lowest BCUT2D eigenvalue weighted by Crippen LogP contribution is -2.14. The Kier molecular flexibility index (Phi) is 7.90. The minimum Gasteiger partial charge on any atom is -0.302 e. The molecule has 184 valence electrons. The van der Waals surface area contributed by atoms with Crippen molar-refractivity contribution in [2.45, 2.75) is 18.2 Å². The molecule has 0 spiro atoms. The van der Waals surface area contributed by atoms with Crippen LogP contribution in [-0.4, -0.2) is 30.8 Å². The van der Waals surface area contributed by atoms with E-state index in [0.29, 0.717) is 37.3 Å². The van der Waals surface area contributed by atoms with Crippen molar-refractivity contribution in [1.29, 1.82) is 0 Å². The first-order valence-corrected chi connectivity index (χ1v) is 14.1. The zero-order valence-electron chi connectivity index (χ0n) is 19.0. The van der Waals surface area contributed by atoms with Crippen LogP contribution in [-0.2, 0) is 21.1 Å². The van der Waals surface area contributed by atoms with Crippen LogP contribution in [0.25, 0.3) is 11.3 Å². The number of ketones is 1. The molecule has 0 saturated heterocycles. The SMILES string of the molecule is CCS(=O)(=O)c1ccc(CC(=O)Nc2nc(-c3ccccc3Cl)c(C(=O)c3cccc(Cl)c3)s2)cc1. The minimum absolute atomic E-state index is 0.000877. The first-order valence-electron chi connectivity index (χ1n) is 10.9. The first kappa shape index (κ1) is 26.0. The fraction of sp³-hybridized carbons (Fsp3) is 0.115. The number of sulfone groups is 1. The van der Waals surface area contributed by atoms with Crippen LogP contribution >= 0.6 is 34.5 Å². The second kappa shape index (κ2) is 10.9. The van der Waals surface area contributed by atoms with Crippen LogP contribution < -0.4 is 5.32 Å². The van der Waals surface area contributed by atoms with Crippen molar-refractivity contribution in [3.05, 3.63) is 98.8 Å². The zero-order valence-corrected chi connectivity index (χ0v) is 22.1. The van der Waals surface area contributed by atoms with E-state index in [1.54, 1.807) is 67.6 Å². The van der Waals surface area contributed by atoms with Gasteiger partial charge in [-0.2, -0.15) is 0 Å². The molecule has 1 heterocycles. The summed E-state index contributed by atoms with van der Waals surface area (Å²) in [6.45, 7) is 1.58. The van der Waals surface area contributed by atoms with Crippen molar-refractivity contribution < 1.29 is 18.0 Å². The van der Waals surface area contributed by atoms with E-state index in [1.165, 1.54) is 12.1 Å². The molecule has 0 atom stereocenters. The van der Waals surface area contributed by atoms with Crippen molar-refractivity contribution in [2.24, 2.45) is 0 Å². The lowest BCUT2D eigenvalue weighted by molar-refractivity contribution is -0.115. The Morgan fingerprint density at radius 2 is 1.69 bits per heavy atom. The summed E-state index contributed by atoms with van der Waals surface area (Å²) in [4.78, 5) is 31.1. The van der Waals surface area contributed by atoms with Crippen molar-refractivity contribution in [2.75, 3.05) is 11.1 Å². The number of hydrogen-bond donors (Lipinski definition) is 1. The number of rotatable bonds is 8. The maximum absolute atomic E-state index is 13.3. The molecule has 3 aromatic carbocycles. The number of carbonyl (C=O) groups is 2. The molecule has 36 heavy (non-hydrogen) atoms. The van der Waals surface area contributed by atoms with E-state index < -0.39 is 9.84 Å². The smallest absolute Gasteiger partial charge is 0.230 e. The van der Waals surface area contributed by atoms with Crippen molar-refractivity contribution in [1.82, 2.24) is 4.98 Å². The number of anilines is 1. The molecule has 0 radical (unpaired) electrons. The monoisotopic (exact) mass is 558 g/mol. The Morgan fingerprint density at radius 3 is 2.36 bits per heavy atom. The molecule has 0 aliphatic heterocycles. The first-order chi connectivity index (χ1) is 17.2. The Bertz CT molecular complexity index is 1550. The second-order valence-electron chi connectivity index (χ2n) is 7.79. The van der Waals surface area contributed by atoms with Crippen LogP contribution in [0.5, 0.6) is 0 Å². The number of halogens is 2. The molecule has 4 rings (SSSR count). The van der Waals surface area contributed by atoms with Gasteiger partial charge >= 0.3 is 0 Å². The highest BCUT2D eigenvalue weighted by Crippen LogP contribution is 2.36. The van der Waals surface area contributed by atoms with E-state index in [-0.39, 0.29) is 33.9 Å². The van der Waals surface area contributed by atoms with E-state index >= 15 is 0 Å². The van der Waals surface area contributed by atoms with Crippen molar-refractivity contribution >= 4 is 61.2 Å². The molecular weight excluding hydrogens is 539 g/mol. The fourth-order valence-electron chi connectivity index (χ4n) is 3.45. The van der Waals surface area contributed by atoms with Gasteiger partial charge in [0, 0.05) is 16.1 Å². The Morgan fingerprint density at radius 1 is 0.972 bits per heavy atom. The highest BCUT2D eigenvalue weighted by molar-refractivity contribution is 7.91. The van der Waals surface area contributed by atoms with E-state index in [0.717, 1.165) is 11.3 Å². The summed E-state index contributed by atoms with van der Waals surface area (Å²) in [5, 5.41) is 3.83. The maximum atomic E-state index is 13.3. The second-order valence-corrected chi connectivity index (χ2v) is 11.9. The standard InChI is InChI=1S/C26H20Cl2N2O4S2/c1-2-36(33,34)19-12-10-16(11-13-19)14-22(31)29-26-30-23(20-8-3-4-9-21(20)28)25(35-26)24(32)17-6-5-7-18(27)15-17/h3-13,15H,2,14H2,1H3,(H,29,30,31). The third-order valence-electron chi connectivity index (χ3n) is 5.32. The van der Waals surface area contributed by atoms with E-state index in [4.69, 9.17) is 23.2 Å². The summed E-state index contributed by atoms with van der Waals surface area (Å²) in [5.74, 6) is -0.651. The van der Waals surface area contributed by atoms with Crippen LogP contribution in [0, 0.1) is 0 Å². The highest BCUT2D eigenvalue weighted by atomic mass is 35.5. The predicted molar refractivity (Wildman–Crippen MR) is 144 cm³/mol. The van der Waals surface area contributed by atoms with Crippen molar-refractivity contribution in [3.63, 3.8) is 0 Å². The van der Waals surface area contributed by atoms with Gasteiger partial charge in [0.2, 0.25) is 11.7 Å². The Labute approximate surface area is 222 Å². The lowest BCUT2D eigenvalue weighted by atomic mass is 10.1. The zero-order chi connectivity index (χ0) is 25.9. The fourth-order valence-corrected chi connectivity index (χ4v) is 5.71. The molecule has 0 aliphatic rings. The average molecular weight is 559 g/mol. The number of aromatic nitrogens is 1. The van der Waals surface area contributed by atoms with Gasteiger partial charge in [-0.15, -0.1) is 0 Å². The molecule has 1 N–H and O–H groups in total. The molecule has 0 fully saturated rings. The molecule has 0 bridgehead atoms. The number of nitrogens with one attached hydrogen (secondary N) is 1. The van der Waals surface area contributed by atoms with Gasteiger partial charge in [0.1, 0.15) is 4.88 Å². The molecule has 6 nitrogen and oxygen atoms in total. The van der Waals surface area contributed by atoms with Crippen LogP contribution in [0.3, 0.4) is 0 Å². The topological polar surface area (TPSA) is 93.2 Å². The van der Waals surface area contributed by atoms with Gasteiger partial charge in [-0.1, -0.05) is 83.9 Å². The molecule has 10 heteroatoms. The Balaban J connectivity index is 1.61. The summed E-state index contributed by atoms with van der Waals surface area (Å²) < 4.78 is 24.0. The molecule has 1 amide bonds. The van der Waals surface area contributed by atoms with Crippen molar-refractivity contribution in [3.8, 4) is 11.3 Å². The van der Waals surface area contributed by atoms with E-state index in [1.807, 2.05) is 0 Å². The van der Waals surface area contributed by atoms with Crippen LogP contribution in [0.1, 0.15) is 27.7 Å². The highest BCUT2D eigenvalue weighted by Gasteiger charge is 2.23. The minimum atomic E-state index is -3.32.